The lowest BCUT2D eigenvalue weighted by Gasteiger charge is -2.20. The Labute approximate surface area is 186 Å². The first-order chi connectivity index (χ1) is 14.9. The molecule has 3 rings (SSSR count). The highest BCUT2D eigenvalue weighted by molar-refractivity contribution is 7.89. The van der Waals surface area contributed by atoms with Crippen molar-refractivity contribution < 1.29 is 30.8 Å². The Hall–Kier alpha value is -2.62. The Morgan fingerprint density at radius 3 is 2.62 bits per heavy atom. The lowest BCUT2D eigenvalue weighted by atomic mass is 10.1. The van der Waals surface area contributed by atoms with Gasteiger partial charge in [-0.2, -0.15) is 23.2 Å². The van der Waals surface area contributed by atoms with Crippen LogP contribution in [0, 0.1) is 17.1 Å². The Kier molecular flexibility index (Phi) is 6.55. The van der Waals surface area contributed by atoms with E-state index in [1.807, 2.05) is 0 Å². The van der Waals surface area contributed by atoms with Crippen molar-refractivity contribution in [3.63, 3.8) is 0 Å². The molecule has 1 unspecified atom stereocenters. The number of hydrogen-bond donors (Lipinski definition) is 2. The van der Waals surface area contributed by atoms with Gasteiger partial charge in [-0.25, -0.2) is 12.8 Å². The summed E-state index contributed by atoms with van der Waals surface area (Å²) in [4.78, 5) is 12.4. The van der Waals surface area contributed by atoms with Crippen LogP contribution < -0.4 is 10.0 Å². The molecule has 2 heterocycles. The topological polar surface area (TPSA) is 104 Å². The number of alkyl halides is 3. The SMILES string of the molecule is CC(NS(=O)(=O)c1c(Cl)c(C(=O)Nc2ccc(F)c(C#N)c2)n2c1CCCC2)C(F)(F)F. The van der Waals surface area contributed by atoms with Gasteiger partial charge in [-0.3, -0.25) is 4.79 Å². The largest absolute Gasteiger partial charge is 0.404 e. The van der Waals surface area contributed by atoms with Gasteiger partial charge in [0, 0.05) is 17.9 Å². The molecule has 1 aromatic heterocycles. The van der Waals surface area contributed by atoms with Crippen LogP contribution in [0.2, 0.25) is 5.02 Å². The van der Waals surface area contributed by atoms with Crippen LogP contribution >= 0.6 is 11.6 Å². The zero-order valence-electron chi connectivity index (χ0n) is 16.6. The number of halogens is 5. The van der Waals surface area contributed by atoms with Crippen molar-refractivity contribution in [1.29, 1.82) is 5.26 Å². The van der Waals surface area contributed by atoms with Gasteiger partial charge in [-0.05, 0) is 44.4 Å². The summed E-state index contributed by atoms with van der Waals surface area (Å²) in [6.07, 6.45) is -3.47. The van der Waals surface area contributed by atoms with Crippen LogP contribution in [-0.2, 0) is 23.0 Å². The molecule has 0 spiro atoms. The first-order valence-electron chi connectivity index (χ1n) is 9.37. The van der Waals surface area contributed by atoms with Crippen molar-refractivity contribution in [1.82, 2.24) is 9.29 Å². The Balaban J connectivity index is 2.04. The molecule has 0 saturated carbocycles. The average molecular weight is 493 g/mol. The van der Waals surface area contributed by atoms with Crippen LogP contribution in [0.4, 0.5) is 23.2 Å². The van der Waals surface area contributed by atoms with Crippen LogP contribution in [0.1, 0.15) is 41.5 Å². The van der Waals surface area contributed by atoms with Crippen molar-refractivity contribution in [2.75, 3.05) is 5.32 Å². The highest BCUT2D eigenvalue weighted by Crippen LogP contribution is 2.36. The third-order valence-electron chi connectivity index (χ3n) is 4.96. The van der Waals surface area contributed by atoms with E-state index in [-0.39, 0.29) is 35.6 Å². The molecule has 32 heavy (non-hydrogen) atoms. The van der Waals surface area contributed by atoms with E-state index in [1.54, 1.807) is 10.8 Å². The van der Waals surface area contributed by atoms with Gasteiger partial charge in [0.15, 0.2) is 0 Å². The van der Waals surface area contributed by atoms with Crippen molar-refractivity contribution in [3.05, 3.63) is 46.0 Å². The first kappa shape index (κ1) is 24.0. The maximum absolute atomic E-state index is 13.5. The number of carbonyl (C=O) groups is 1. The summed E-state index contributed by atoms with van der Waals surface area (Å²) in [5, 5.41) is 10.8. The van der Waals surface area contributed by atoms with Gasteiger partial charge in [0.1, 0.15) is 28.5 Å². The second kappa shape index (κ2) is 8.73. The minimum absolute atomic E-state index is 0.0589. The molecule has 0 radical (unpaired) electrons. The number of carbonyl (C=O) groups excluding carboxylic acids is 1. The summed E-state index contributed by atoms with van der Waals surface area (Å²) in [6, 6.07) is 2.52. The van der Waals surface area contributed by atoms with E-state index >= 15 is 0 Å². The zero-order chi connectivity index (χ0) is 23.8. The summed E-state index contributed by atoms with van der Waals surface area (Å²) in [7, 11) is -4.71. The van der Waals surface area contributed by atoms with Crippen molar-refractivity contribution in [2.45, 2.75) is 49.8 Å². The molecule has 13 heteroatoms. The summed E-state index contributed by atoms with van der Waals surface area (Å²) < 4.78 is 80.8. The molecular weight excluding hydrogens is 476 g/mol. The van der Waals surface area contributed by atoms with E-state index < -0.39 is 43.9 Å². The lowest BCUT2D eigenvalue weighted by Crippen LogP contribution is -2.43. The third-order valence-corrected chi connectivity index (χ3v) is 7.08. The number of nitrogens with zero attached hydrogens (tertiary/aromatic N) is 2. The van der Waals surface area contributed by atoms with Gasteiger partial charge in [0.05, 0.1) is 10.6 Å². The first-order valence-corrected chi connectivity index (χ1v) is 11.2. The number of amides is 1. The molecule has 1 amide bonds. The minimum Gasteiger partial charge on any atom is -0.338 e. The summed E-state index contributed by atoms with van der Waals surface area (Å²) in [6.45, 7) is 0.887. The molecule has 2 aromatic rings. The molecule has 0 aliphatic carbocycles. The second-order valence-corrected chi connectivity index (χ2v) is 9.22. The number of benzene rings is 1. The van der Waals surface area contributed by atoms with Crippen molar-refractivity contribution >= 4 is 33.2 Å². The lowest BCUT2D eigenvalue weighted by molar-refractivity contribution is -0.147. The summed E-state index contributed by atoms with van der Waals surface area (Å²) in [5.74, 6) is -1.64. The van der Waals surface area contributed by atoms with E-state index in [0.29, 0.717) is 19.8 Å². The minimum atomic E-state index is -4.82. The Morgan fingerprint density at radius 2 is 2.00 bits per heavy atom. The maximum Gasteiger partial charge on any atom is 0.404 e. The van der Waals surface area contributed by atoms with Crippen molar-refractivity contribution in [3.8, 4) is 6.07 Å². The van der Waals surface area contributed by atoms with E-state index in [0.717, 1.165) is 12.1 Å². The predicted molar refractivity (Wildman–Crippen MR) is 107 cm³/mol. The van der Waals surface area contributed by atoms with Gasteiger partial charge in [0.25, 0.3) is 5.91 Å². The number of anilines is 1. The molecule has 1 aliphatic rings. The zero-order valence-corrected chi connectivity index (χ0v) is 18.1. The molecule has 1 aromatic carbocycles. The second-order valence-electron chi connectivity index (χ2n) is 7.19. The van der Waals surface area contributed by atoms with Crippen LogP contribution in [0.25, 0.3) is 0 Å². The van der Waals surface area contributed by atoms with Gasteiger partial charge in [0.2, 0.25) is 10.0 Å². The normalized spacial score (nSPS) is 15.0. The van der Waals surface area contributed by atoms with Crippen molar-refractivity contribution in [2.24, 2.45) is 0 Å². The highest BCUT2D eigenvalue weighted by atomic mass is 35.5. The molecule has 0 fully saturated rings. The highest BCUT2D eigenvalue weighted by Gasteiger charge is 2.41. The molecule has 1 atom stereocenters. The number of sulfonamides is 1. The monoisotopic (exact) mass is 492 g/mol. The van der Waals surface area contributed by atoms with Crippen LogP contribution in [0.15, 0.2) is 23.1 Å². The Bertz CT molecular complexity index is 1220. The molecule has 0 bridgehead atoms. The molecule has 1 aliphatic heterocycles. The van der Waals surface area contributed by atoms with Crippen LogP contribution in [0.3, 0.4) is 0 Å². The van der Waals surface area contributed by atoms with E-state index in [9.17, 15) is 30.8 Å². The summed E-state index contributed by atoms with van der Waals surface area (Å²) in [5.41, 5.74) is -0.377. The van der Waals surface area contributed by atoms with Gasteiger partial charge in [-0.1, -0.05) is 11.6 Å². The number of fused-ring (bicyclic) bond motifs is 1. The molecule has 172 valence electrons. The van der Waals surface area contributed by atoms with E-state index in [2.05, 4.69) is 5.32 Å². The molecule has 7 nitrogen and oxygen atoms in total. The standard InChI is InChI=1S/C19H17ClF4N4O3S/c1-10(19(22,23)24)27-32(30,31)17-14-4-2-3-7-28(14)16(15(17)20)18(29)26-12-5-6-13(21)11(8-12)9-25/h5-6,8,10,27H,2-4,7H2,1H3,(H,26,29). The molecular formula is C19H17ClF4N4O3S. The van der Waals surface area contributed by atoms with Crippen LogP contribution in [0.5, 0.6) is 0 Å². The van der Waals surface area contributed by atoms with E-state index in [4.69, 9.17) is 16.9 Å². The predicted octanol–water partition coefficient (Wildman–Crippen LogP) is 3.97. The van der Waals surface area contributed by atoms with Crippen LogP contribution in [-0.4, -0.2) is 31.1 Å². The Morgan fingerprint density at radius 1 is 1.31 bits per heavy atom. The van der Waals surface area contributed by atoms with Gasteiger partial charge >= 0.3 is 6.18 Å². The average Bonchev–Trinajstić information content (AvgIpc) is 3.00. The van der Waals surface area contributed by atoms with Gasteiger partial charge < -0.3 is 9.88 Å². The smallest absolute Gasteiger partial charge is 0.338 e. The third kappa shape index (κ3) is 4.60. The fraction of sp³-hybridized carbons (Fsp3) is 0.368. The maximum atomic E-state index is 13.5. The fourth-order valence-corrected chi connectivity index (χ4v) is 5.57. The number of aromatic nitrogens is 1. The fourth-order valence-electron chi connectivity index (χ4n) is 3.40. The van der Waals surface area contributed by atoms with E-state index in [1.165, 1.54) is 10.6 Å². The summed E-state index contributed by atoms with van der Waals surface area (Å²) >= 11 is 6.25. The number of nitriles is 1. The molecule has 0 saturated heterocycles. The number of rotatable bonds is 5. The number of hydrogen-bond acceptors (Lipinski definition) is 4. The number of nitrogens with one attached hydrogen (secondary N) is 2. The van der Waals surface area contributed by atoms with Gasteiger partial charge in [-0.15, -0.1) is 0 Å². The molecule has 2 N–H and O–H groups in total. The quantitative estimate of drug-likeness (QED) is 0.616.